The van der Waals surface area contributed by atoms with Crippen molar-refractivity contribution in [2.24, 2.45) is 0 Å². The number of fused-ring (bicyclic) bond motifs is 1. The Morgan fingerprint density at radius 2 is 1.80 bits per heavy atom. The number of benzene rings is 2. The Morgan fingerprint density at radius 3 is 2.55 bits per heavy atom. The molecular weight excluding hydrogens is 250 g/mol. The lowest BCUT2D eigenvalue weighted by molar-refractivity contribution is 0.276. The molecule has 0 unspecified atom stereocenters. The van der Waals surface area contributed by atoms with E-state index in [0.717, 1.165) is 12.3 Å². The fourth-order valence-corrected chi connectivity index (χ4v) is 2.14. The van der Waals surface area contributed by atoms with Crippen LogP contribution in [0.25, 0.3) is 10.8 Å². The van der Waals surface area contributed by atoms with E-state index in [1.165, 1.54) is 16.3 Å². The van der Waals surface area contributed by atoms with Crippen LogP contribution in [0.1, 0.15) is 25.3 Å². The van der Waals surface area contributed by atoms with Crippen LogP contribution in [0.2, 0.25) is 0 Å². The normalized spacial score (nSPS) is 11.2. The molecule has 0 amide bonds. The molecule has 0 saturated heterocycles. The monoisotopic (exact) mass is 273 g/mol. The summed E-state index contributed by atoms with van der Waals surface area (Å²) >= 11 is 0. The molecule has 0 saturated carbocycles. The second-order valence-electron chi connectivity index (χ2n) is 5.25. The van der Waals surface area contributed by atoms with Crippen molar-refractivity contribution in [3.8, 4) is 5.75 Å². The Morgan fingerprint density at radius 1 is 1.05 bits per heavy atom. The maximum Gasteiger partial charge on any atom is 0.120 e. The highest BCUT2D eigenvalue weighted by Crippen LogP contribution is 2.24. The van der Waals surface area contributed by atoms with Gasteiger partial charge in [0.05, 0.1) is 6.61 Å². The Kier molecular flexibility index (Phi) is 5.39. The van der Waals surface area contributed by atoms with E-state index in [4.69, 9.17) is 9.84 Å². The van der Waals surface area contributed by atoms with Gasteiger partial charge in [-0.05, 0) is 34.4 Å². The van der Waals surface area contributed by atoms with Gasteiger partial charge in [0, 0.05) is 13.1 Å². The molecule has 3 heteroatoms. The Bertz CT molecular complexity index is 552. The SMILES string of the molecule is CC(C)c1ccc2cc(OCCNCCO)ccc2c1. The zero-order valence-electron chi connectivity index (χ0n) is 12.2. The van der Waals surface area contributed by atoms with Gasteiger partial charge in [0.15, 0.2) is 0 Å². The average Bonchev–Trinajstić information content (AvgIpc) is 2.46. The second kappa shape index (κ2) is 7.27. The van der Waals surface area contributed by atoms with E-state index < -0.39 is 0 Å². The number of hydrogen-bond acceptors (Lipinski definition) is 3. The molecule has 2 rings (SSSR count). The molecule has 3 nitrogen and oxygen atoms in total. The third-order valence-electron chi connectivity index (χ3n) is 3.34. The van der Waals surface area contributed by atoms with Crippen molar-refractivity contribution in [1.82, 2.24) is 5.32 Å². The molecule has 0 fully saturated rings. The summed E-state index contributed by atoms with van der Waals surface area (Å²) < 4.78 is 5.69. The van der Waals surface area contributed by atoms with E-state index in [-0.39, 0.29) is 6.61 Å². The van der Waals surface area contributed by atoms with Crippen LogP contribution in [0.15, 0.2) is 36.4 Å². The van der Waals surface area contributed by atoms with Crippen molar-refractivity contribution in [1.29, 1.82) is 0 Å². The first-order valence-electron chi connectivity index (χ1n) is 7.19. The van der Waals surface area contributed by atoms with Gasteiger partial charge in [0.2, 0.25) is 0 Å². The molecule has 0 atom stereocenters. The molecule has 0 aliphatic heterocycles. The van der Waals surface area contributed by atoms with Crippen LogP contribution in [0, 0.1) is 0 Å². The number of ether oxygens (including phenoxy) is 1. The first-order chi connectivity index (χ1) is 9.70. The minimum atomic E-state index is 0.161. The summed E-state index contributed by atoms with van der Waals surface area (Å²) in [7, 11) is 0. The van der Waals surface area contributed by atoms with Crippen LogP contribution in [-0.4, -0.2) is 31.4 Å². The van der Waals surface area contributed by atoms with Gasteiger partial charge in [-0.1, -0.05) is 38.1 Å². The van der Waals surface area contributed by atoms with Gasteiger partial charge in [-0.15, -0.1) is 0 Å². The molecule has 0 heterocycles. The Hall–Kier alpha value is -1.58. The summed E-state index contributed by atoms with van der Waals surface area (Å²) in [6.07, 6.45) is 0. The first-order valence-corrected chi connectivity index (χ1v) is 7.19. The van der Waals surface area contributed by atoms with E-state index >= 15 is 0 Å². The summed E-state index contributed by atoms with van der Waals surface area (Å²) in [5, 5.41) is 14.2. The van der Waals surface area contributed by atoms with Gasteiger partial charge >= 0.3 is 0 Å². The average molecular weight is 273 g/mol. The van der Waals surface area contributed by atoms with E-state index in [1.807, 2.05) is 6.07 Å². The quantitative estimate of drug-likeness (QED) is 0.762. The first kappa shape index (κ1) is 14.8. The third kappa shape index (κ3) is 3.95. The van der Waals surface area contributed by atoms with Gasteiger partial charge in [-0.3, -0.25) is 0 Å². The minimum Gasteiger partial charge on any atom is -0.492 e. The zero-order chi connectivity index (χ0) is 14.4. The van der Waals surface area contributed by atoms with E-state index in [1.54, 1.807) is 0 Å². The van der Waals surface area contributed by atoms with Crippen molar-refractivity contribution in [3.05, 3.63) is 42.0 Å². The molecule has 0 aliphatic carbocycles. The molecule has 108 valence electrons. The molecule has 0 radical (unpaired) electrons. The van der Waals surface area contributed by atoms with Gasteiger partial charge in [0.1, 0.15) is 12.4 Å². The molecule has 2 aromatic rings. The molecule has 0 spiro atoms. The van der Waals surface area contributed by atoms with Gasteiger partial charge in [-0.25, -0.2) is 0 Å². The summed E-state index contributed by atoms with van der Waals surface area (Å²) in [6.45, 7) is 6.53. The van der Waals surface area contributed by atoms with E-state index in [2.05, 4.69) is 49.5 Å². The maximum atomic E-state index is 8.66. The number of hydrogen-bond donors (Lipinski definition) is 2. The predicted molar refractivity (Wildman–Crippen MR) is 83.5 cm³/mol. The largest absolute Gasteiger partial charge is 0.492 e. The summed E-state index contributed by atoms with van der Waals surface area (Å²) in [5.41, 5.74) is 1.36. The molecule has 0 aromatic heterocycles. The highest BCUT2D eigenvalue weighted by Gasteiger charge is 2.02. The Balaban J connectivity index is 2.00. The van der Waals surface area contributed by atoms with Crippen LogP contribution in [0.5, 0.6) is 5.75 Å². The number of rotatable bonds is 7. The van der Waals surface area contributed by atoms with Gasteiger partial charge in [0.25, 0.3) is 0 Å². The molecule has 0 aliphatic rings. The fraction of sp³-hybridized carbons (Fsp3) is 0.412. The summed E-state index contributed by atoms with van der Waals surface area (Å²) in [4.78, 5) is 0. The predicted octanol–water partition coefficient (Wildman–Crippen LogP) is 2.92. The van der Waals surface area contributed by atoms with E-state index in [9.17, 15) is 0 Å². The topological polar surface area (TPSA) is 41.5 Å². The smallest absolute Gasteiger partial charge is 0.120 e. The second-order valence-corrected chi connectivity index (χ2v) is 5.25. The summed E-state index contributed by atoms with van der Waals surface area (Å²) in [5.74, 6) is 1.44. The summed E-state index contributed by atoms with van der Waals surface area (Å²) in [6, 6.07) is 12.8. The lowest BCUT2D eigenvalue weighted by atomic mass is 9.99. The van der Waals surface area contributed by atoms with Crippen LogP contribution in [-0.2, 0) is 0 Å². The lowest BCUT2D eigenvalue weighted by Crippen LogP contribution is -2.23. The molecule has 2 aromatic carbocycles. The van der Waals surface area contributed by atoms with Crippen molar-refractivity contribution in [3.63, 3.8) is 0 Å². The highest BCUT2D eigenvalue weighted by atomic mass is 16.5. The fourth-order valence-electron chi connectivity index (χ4n) is 2.14. The Labute approximate surface area is 120 Å². The standard InChI is InChI=1S/C17H23NO2/c1-13(2)14-3-4-16-12-17(6-5-15(16)11-14)20-10-8-18-7-9-19/h3-6,11-13,18-19H,7-10H2,1-2H3. The maximum absolute atomic E-state index is 8.66. The van der Waals surface area contributed by atoms with Crippen molar-refractivity contribution in [2.75, 3.05) is 26.3 Å². The molecule has 20 heavy (non-hydrogen) atoms. The van der Waals surface area contributed by atoms with Crippen LogP contribution >= 0.6 is 0 Å². The number of nitrogens with one attached hydrogen (secondary N) is 1. The van der Waals surface area contributed by atoms with Crippen molar-refractivity contribution in [2.45, 2.75) is 19.8 Å². The third-order valence-corrected chi connectivity index (χ3v) is 3.34. The van der Waals surface area contributed by atoms with Crippen LogP contribution in [0.3, 0.4) is 0 Å². The van der Waals surface area contributed by atoms with Gasteiger partial charge < -0.3 is 15.2 Å². The molecule has 2 N–H and O–H groups in total. The number of aliphatic hydroxyl groups excluding tert-OH is 1. The molecule has 0 bridgehead atoms. The zero-order valence-corrected chi connectivity index (χ0v) is 12.2. The van der Waals surface area contributed by atoms with E-state index in [0.29, 0.717) is 19.1 Å². The minimum absolute atomic E-state index is 0.161. The van der Waals surface area contributed by atoms with Crippen molar-refractivity contribution < 1.29 is 9.84 Å². The lowest BCUT2D eigenvalue weighted by Gasteiger charge is -2.10. The van der Waals surface area contributed by atoms with Crippen LogP contribution in [0.4, 0.5) is 0 Å². The number of aliphatic hydroxyl groups is 1. The van der Waals surface area contributed by atoms with Crippen molar-refractivity contribution >= 4 is 10.8 Å². The van der Waals surface area contributed by atoms with Gasteiger partial charge in [-0.2, -0.15) is 0 Å². The molecular formula is C17H23NO2. The van der Waals surface area contributed by atoms with Crippen LogP contribution < -0.4 is 10.1 Å². The highest BCUT2D eigenvalue weighted by molar-refractivity contribution is 5.84.